The van der Waals surface area contributed by atoms with E-state index in [0.29, 0.717) is 24.0 Å². The summed E-state index contributed by atoms with van der Waals surface area (Å²) in [6.07, 6.45) is 0. The second kappa shape index (κ2) is 5.92. The van der Waals surface area contributed by atoms with Crippen LogP contribution in [0, 0.1) is 0 Å². The molecule has 0 aromatic heterocycles. The van der Waals surface area contributed by atoms with Crippen LogP contribution in [0.3, 0.4) is 0 Å². The van der Waals surface area contributed by atoms with E-state index in [9.17, 15) is 13.2 Å². The number of primary sulfonamides is 1. The van der Waals surface area contributed by atoms with E-state index in [1.165, 1.54) is 12.1 Å². The van der Waals surface area contributed by atoms with Gasteiger partial charge in [0.1, 0.15) is 0 Å². The molecule has 2 aromatic rings. The molecule has 23 heavy (non-hydrogen) atoms. The van der Waals surface area contributed by atoms with Gasteiger partial charge in [0.25, 0.3) is 5.91 Å². The van der Waals surface area contributed by atoms with Gasteiger partial charge in [-0.25, -0.2) is 13.6 Å². The SMILES string of the molecule is CN1CCN(C(=O)c2ccc3ccc(S(N)(=O)=O)cc3c2)CC1. The number of piperazine rings is 1. The van der Waals surface area contributed by atoms with Gasteiger partial charge in [0, 0.05) is 31.7 Å². The third-order valence-corrected chi connectivity index (χ3v) is 5.09. The molecule has 2 aromatic carbocycles. The molecule has 1 amide bonds. The standard InChI is InChI=1S/C16H19N3O3S/c1-18-6-8-19(9-7-18)16(20)13-3-2-12-4-5-15(23(17,21)22)11-14(12)10-13/h2-5,10-11H,6-9H2,1H3,(H2,17,21,22). The first-order valence-corrected chi connectivity index (χ1v) is 8.94. The number of benzene rings is 2. The number of nitrogens with two attached hydrogens (primary N) is 1. The molecule has 3 rings (SSSR count). The maximum Gasteiger partial charge on any atom is 0.253 e. The fourth-order valence-electron chi connectivity index (χ4n) is 2.73. The summed E-state index contributed by atoms with van der Waals surface area (Å²) >= 11 is 0. The molecule has 0 unspecified atom stereocenters. The van der Waals surface area contributed by atoms with Crippen LogP contribution in [-0.2, 0) is 10.0 Å². The molecule has 2 N–H and O–H groups in total. The van der Waals surface area contributed by atoms with E-state index < -0.39 is 10.0 Å². The predicted octanol–water partition coefficient (Wildman–Crippen LogP) is 0.875. The van der Waals surface area contributed by atoms with E-state index in [0.717, 1.165) is 18.5 Å². The Morgan fingerprint density at radius 1 is 1.00 bits per heavy atom. The molecule has 122 valence electrons. The molecule has 1 fully saturated rings. The molecule has 0 atom stereocenters. The first-order valence-electron chi connectivity index (χ1n) is 7.39. The van der Waals surface area contributed by atoms with E-state index >= 15 is 0 Å². The van der Waals surface area contributed by atoms with Crippen LogP contribution < -0.4 is 5.14 Å². The Morgan fingerprint density at radius 2 is 1.65 bits per heavy atom. The summed E-state index contributed by atoms with van der Waals surface area (Å²) in [4.78, 5) is 16.7. The van der Waals surface area contributed by atoms with Crippen LogP contribution >= 0.6 is 0 Å². The minimum Gasteiger partial charge on any atom is -0.336 e. The van der Waals surface area contributed by atoms with E-state index in [1.54, 1.807) is 18.2 Å². The van der Waals surface area contributed by atoms with E-state index in [4.69, 9.17) is 5.14 Å². The fraction of sp³-hybridized carbons (Fsp3) is 0.312. The molecule has 1 saturated heterocycles. The number of fused-ring (bicyclic) bond motifs is 1. The zero-order valence-electron chi connectivity index (χ0n) is 12.9. The molecule has 7 heteroatoms. The monoisotopic (exact) mass is 333 g/mol. The molecular formula is C16H19N3O3S. The Kier molecular flexibility index (Phi) is 4.09. The molecule has 0 spiro atoms. The highest BCUT2D eigenvalue weighted by atomic mass is 32.2. The molecule has 0 radical (unpaired) electrons. The summed E-state index contributed by atoms with van der Waals surface area (Å²) in [6.45, 7) is 3.11. The molecule has 0 saturated carbocycles. The number of rotatable bonds is 2. The molecule has 1 aliphatic rings. The van der Waals surface area contributed by atoms with Crippen LogP contribution in [0.25, 0.3) is 10.8 Å². The topological polar surface area (TPSA) is 83.7 Å². The number of carbonyl (C=O) groups excluding carboxylic acids is 1. The van der Waals surface area contributed by atoms with Gasteiger partial charge in [-0.2, -0.15) is 0 Å². The van der Waals surface area contributed by atoms with Gasteiger partial charge < -0.3 is 9.80 Å². The Bertz CT molecular complexity index is 856. The average Bonchev–Trinajstić information content (AvgIpc) is 2.53. The highest BCUT2D eigenvalue weighted by Crippen LogP contribution is 2.21. The van der Waals surface area contributed by atoms with Gasteiger partial charge in [-0.05, 0) is 42.1 Å². The van der Waals surface area contributed by atoms with Crippen molar-refractivity contribution in [2.24, 2.45) is 5.14 Å². The number of hydrogen-bond donors (Lipinski definition) is 1. The lowest BCUT2D eigenvalue weighted by atomic mass is 10.1. The summed E-state index contributed by atoms with van der Waals surface area (Å²) in [5, 5.41) is 6.73. The van der Waals surface area contributed by atoms with Crippen molar-refractivity contribution in [3.8, 4) is 0 Å². The highest BCUT2D eigenvalue weighted by Gasteiger charge is 2.20. The van der Waals surface area contributed by atoms with Crippen molar-refractivity contribution in [3.05, 3.63) is 42.0 Å². The van der Waals surface area contributed by atoms with Gasteiger partial charge in [0.15, 0.2) is 0 Å². The molecule has 0 aliphatic carbocycles. The third-order valence-electron chi connectivity index (χ3n) is 4.18. The number of nitrogens with zero attached hydrogens (tertiary/aromatic N) is 2. The van der Waals surface area contributed by atoms with Crippen LogP contribution in [0.15, 0.2) is 41.3 Å². The summed E-state index contributed by atoms with van der Waals surface area (Å²) in [6, 6.07) is 10.0. The second-order valence-corrected chi connectivity index (χ2v) is 7.43. The van der Waals surface area contributed by atoms with Gasteiger partial charge in [-0.15, -0.1) is 0 Å². The Morgan fingerprint density at radius 3 is 2.30 bits per heavy atom. The second-order valence-electron chi connectivity index (χ2n) is 5.86. The van der Waals surface area contributed by atoms with Crippen molar-refractivity contribution in [2.45, 2.75) is 4.90 Å². The van der Waals surface area contributed by atoms with Crippen molar-refractivity contribution in [1.82, 2.24) is 9.80 Å². The maximum absolute atomic E-state index is 12.6. The summed E-state index contributed by atoms with van der Waals surface area (Å²) in [5.41, 5.74) is 0.564. The van der Waals surface area contributed by atoms with Crippen LogP contribution in [0.2, 0.25) is 0 Å². The van der Waals surface area contributed by atoms with Gasteiger partial charge in [0.2, 0.25) is 10.0 Å². The number of likely N-dealkylation sites (N-methyl/N-ethyl adjacent to an activating group) is 1. The van der Waals surface area contributed by atoms with Gasteiger partial charge in [0.05, 0.1) is 4.90 Å². The van der Waals surface area contributed by atoms with Gasteiger partial charge in [-0.1, -0.05) is 12.1 Å². The van der Waals surface area contributed by atoms with E-state index in [-0.39, 0.29) is 10.8 Å². The van der Waals surface area contributed by atoms with Crippen molar-refractivity contribution in [3.63, 3.8) is 0 Å². The smallest absolute Gasteiger partial charge is 0.253 e. The number of sulfonamides is 1. The molecule has 0 bridgehead atoms. The minimum absolute atomic E-state index is 0.0268. The number of amides is 1. The normalized spacial score (nSPS) is 16.7. The van der Waals surface area contributed by atoms with Gasteiger partial charge >= 0.3 is 0 Å². The van der Waals surface area contributed by atoms with Crippen LogP contribution in [0.4, 0.5) is 0 Å². The van der Waals surface area contributed by atoms with Gasteiger partial charge in [-0.3, -0.25) is 4.79 Å². The van der Waals surface area contributed by atoms with E-state index in [1.807, 2.05) is 18.0 Å². The van der Waals surface area contributed by atoms with E-state index in [2.05, 4.69) is 4.90 Å². The van der Waals surface area contributed by atoms with Crippen LogP contribution in [-0.4, -0.2) is 57.4 Å². The largest absolute Gasteiger partial charge is 0.336 e. The third kappa shape index (κ3) is 3.36. The Balaban J connectivity index is 1.94. The Hall–Kier alpha value is -1.96. The van der Waals surface area contributed by atoms with Crippen LogP contribution in [0.5, 0.6) is 0 Å². The maximum atomic E-state index is 12.6. The summed E-state index contributed by atoms with van der Waals surface area (Å²) in [7, 11) is -1.72. The number of carbonyl (C=O) groups is 1. The first kappa shape index (κ1) is 15.9. The van der Waals surface area contributed by atoms with Crippen molar-refractivity contribution < 1.29 is 13.2 Å². The zero-order valence-corrected chi connectivity index (χ0v) is 13.7. The Labute approximate surface area is 135 Å². The minimum atomic E-state index is -3.75. The molecule has 1 aliphatic heterocycles. The fourth-order valence-corrected chi connectivity index (χ4v) is 3.28. The number of hydrogen-bond acceptors (Lipinski definition) is 4. The van der Waals surface area contributed by atoms with Crippen molar-refractivity contribution in [2.75, 3.05) is 33.2 Å². The molecular weight excluding hydrogens is 314 g/mol. The van der Waals surface area contributed by atoms with Crippen molar-refractivity contribution in [1.29, 1.82) is 0 Å². The highest BCUT2D eigenvalue weighted by molar-refractivity contribution is 7.89. The summed E-state index contributed by atoms with van der Waals surface area (Å²) in [5.74, 6) is -0.0268. The zero-order chi connectivity index (χ0) is 16.6. The average molecular weight is 333 g/mol. The molecule has 1 heterocycles. The quantitative estimate of drug-likeness (QED) is 0.884. The lowest BCUT2D eigenvalue weighted by Crippen LogP contribution is -2.47. The lowest BCUT2D eigenvalue weighted by Gasteiger charge is -2.32. The predicted molar refractivity (Wildman–Crippen MR) is 88.7 cm³/mol. The van der Waals surface area contributed by atoms with Crippen LogP contribution in [0.1, 0.15) is 10.4 Å². The first-order chi connectivity index (χ1) is 10.8. The molecule has 6 nitrogen and oxygen atoms in total. The lowest BCUT2D eigenvalue weighted by molar-refractivity contribution is 0.0664. The van der Waals surface area contributed by atoms with Crippen molar-refractivity contribution >= 4 is 26.7 Å². The summed E-state index contributed by atoms with van der Waals surface area (Å²) < 4.78 is 22.9.